The summed E-state index contributed by atoms with van der Waals surface area (Å²) >= 11 is 0. The van der Waals surface area contributed by atoms with Crippen LogP contribution in [0.1, 0.15) is 51.0 Å². The van der Waals surface area contributed by atoms with Gasteiger partial charge in [0, 0.05) is 44.8 Å². The van der Waals surface area contributed by atoms with Gasteiger partial charge in [-0.3, -0.25) is 9.79 Å². The van der Waals surface area contributed by atoms with Crippen LogP contribution in [0, 0.1) is 5.41 Å². The van der Waals surface area contributed by atoms with E-state index in [4.69, 9.17) is 4.99 Å². The summed E-state index contributed by atoms with van der Waals surface area (Å²) in [7, 11) is 0. The zero-order chi connectivity index (χ0) is 18.7. The maximum Gasteiger partial charge on any atom is 0.227 e. The Kier molecular flexibility index (Phi) is 5.37. The molecule has 1 aliphatic carbocycles. The summed E-state index contributed by atoms with van der Waals surface area (Å²) in [6, 6.07) is 8.25. The number of likely N-dealkylation sites (tertiary alicyclic amines) is 1. The topological polar surface area (TPSA) is 47.9 Å². The number of nitrogens with one attached hydrogen (secondary N) is 1. The Balaban J connectivity index is 1.28. The number of nitrogens with zero attached hydrogens (tertiary/aromatic N) is 3. The summed E-state index contributed by atoms with van der Waals surface area (Å²) in [5.41, 5.74) is 2.97. The molecule has 27 heavy (non-hydrogen) atoms. The van der Waals surface area contributed by atoms with Gasteiger partial charge in [0.1, 0.15) is 0 Å². The highest BCUT2D eigenvalue weighted by Crippen LogP contribution is 2.47. The minimum atomic E-state index is 0.231. The third-order valence-corrected chi connectivity index (χ3v) is 6.49. The molecule has 1 aromatic carbocycles. The van der Waals surface area contributed by atoms with Crippen molar-refractivity contribution in [1.29, 1.82) is 0 Å². The van der Waals surface area contributed by atoms with Crippen molar-refractivity contribution >= 4 is 17.6 Å². The molecule has 1 N–H and O–H groups in total. The molecule has 5 nitrogen and oxygen atoms in total. The Morgan fingerprint density at radius 2 is 2.07 bits per heavy atom. The summed E-state index contributed by atoms with van der Waals surface area (Å²) in [5.74, 6) is 1.27. The molecule has 1 saturated carbocycles. The van der Waals surface area contributed by atoms with Crippen molar-refractivity contribution in [1.82, 2.24) is 10.2 Å². The third-order valence-electron chi connectivity index (χ3n) is 6.49. The number of amides is 1. The van der Waals surface area contributed by atoms with Crippen molar-refractivity contribution in [2.75, 3.05) is 37.6 Å². The third kappa shape index (κ3) is 3.83. The molecular weight excluding hydrogens is 336 g/mol. The molecule has 0 aromatic heterocycles. The first-order valence-corrected chi connectivity index (χ1v) is 10.6. The molecular formula is C22H32N4O. The molecule has 0 radical (unpaired) electrons. The minimum Gasteiger partial charge on any atom is -0.357 e. The van der Waals surface area contributed by atoms with Gasteiger partial charge in [-0.25, -0.2) is 0 Å². The molecule has 0 unspecified atom stereocenters. The second-order valence-corrected chi connectivity index (χ2v) is 8.29. The maximum atomic E-state index is 12.6. The summed E-state index contributed by atoms with van der Waals surface area (Å²) in [6.07, 6.45) is 7.82. The van der Waals surface area contributed by atoms with E-state index in [2.05, 4.69) is 35.3 Å². The lowest BCUT2D eigenvalue weighted by atomic mass is 9.68. The average molecular weight is 369 g/mol. The molecule has 4 rings (SSSR count). The maximum absolute atomic E-state index is 12.6. The average Bonchev–Trinajstić information content (AvgIpc) is 3.28. The van der Waals surface area contributed by atoms with Crippen LogP contribution in [-0.2, 0) is 11.2 Å². The fourth-order valence-corrected chi connectivity index (χ4v) is 4.77. The summed E-state index contributed by atoms with van der Waals surface area (Å²) < 4.78 is 0. The summed E-state index contributed by atoms with van der Waals surface area (Å²) in [6.45, 7) is 6.83. The lowest BCUT2D eigenvalue weighted by Crippen LogP contribution is -2.42. The fourth-order valence-electron chi connectivity index (χ4n) is 4.77. The first kappa shape index (κ1) is 18.3. The number of carbonyl (C=O) groups excluding carboxylic acids is 1. The van der Waals surface area contributed by atoms with Crippen LogP contribution < -0.4 is 10.2 Å². The van der Waals surface area contributed by atoms with Crippen LogP contribution in [0.5, 0.6) is 0 Å². The van der Waals surface area contributed by atoms with Gasteiger partial charge in [-0.1, -0.05) is 24.6 Å². The van der Waals surface area contributed by atoms with Gasteiger partial charge in [0.15, 0.2) is 5.96 Å². The first-order chi connectivity index (χ1) is 13.2. The van der Waals surface area contributed by atoms with Gasteiger partial charge < -0.3 is 15.1 Å². The van der Waals surface area contributed by atoms with Crippen LogP contribution in [0.2, 0.25) is 0 Å². The van der Waals surface area contributed by atoms with E-state index >= 15 is 0 Å². The first-order valence-electron chi connectivity index (χ1n) is 10.6. The van der Waals surface area contributed by atoms with Crippen molar-refractivity contribution in [3.63, 3.8) is 0 Å². The molecule has 0 bridgehead atoms. The van der Waals surface area contributed by atoms with Gasteiger partial charge in [-0.2, -0.15) is 0 Å². The number of rotatable bonds is 5. The van der Waals surface area contributed by atoms with Crippen LogP contribution in [-0.4, -0.2) is 49.5 Å². The van der Waals surface area contributed by atoms with Crippen molar-refractivity contribution in [3.8, 4) is 0 Å². The van der Waals surface area contributed by atoms with Crippen LogP contribution in [0.25, 0.3) is 0 Å². The molecule has 2 fully saturated rings. The Hall–Kier alpha value is -2.04. The smallest absolute Gasteiger partial charge is 0.227 e. The molecule has 5 heteroatoms. The standard InChI is InChI=1S/C22H32N4O/c1-2-23-21(25-16-13-22(17-25)11-6-12-22)24-14-5-9-20(27)26-15-10-18-7-3-4-8-19(18)26/h3-4,7-8H,2,5-6,9-17H2,1H3,(H,23,24). The number of hydrogen-bond donors (Lipinski definition) is 1. The minimum absolute atomic E-state index is 0.231. The number of carbonyl (C=O) groups is 1. The predicted molar refractivity (Wildman–Crippen MR) is 110 cm³/mol. The quantitative estimate of drug-likeness (QED) is 0.493. The van der Waals surface area contributed by atoms with Gasteiger partial charge in [0.2, 0.25) is 5.91 Å². The van der Waals surface area contributed by atoms with Gasteiger partial charge in [-0.15, -0.1) is 0 Å². The second-order valence-electron chi connectivity index (χ2n) is 8.29. The summed E-state index contributed by atoms with van der Waals surface area (Å²) in [4.78, 5) is 21.8. The summed E-state index contributed by atoms with van der Waals surface area (Å²) in [5, 5.41) is 3.45. The Bertz CT molecular complexity index is 710. The van der Waals surface area contributed by atoms with E-state index in [0.29, 0.717) is 18.4 Å². The number of para-hydroxylation sites is 1. The van der Waals surface area contributed by atoms with E-state index < -0.39 is 0 Å². The molecule has 2 aliphatic heterocycles. The van der Waals surface area contributed by atoms with Crippen LogP contribution in [0.3, 0.4) is 0 Å². The molecule has 1 saturated heterocycles. The molecule has 146 valence electrons. The highest BCUT2D eigenvalue weighted by atomic mass is 16.2. The second kappa shape index (κ2) is 7.91. The Morgan fingerprint density at radius 1 is 1.22 bits per heavy atom. The number of hydrogen-bond acceptors (Lipinski definition) is 2. The number of fused-ring (bicyclic) bond motifs is 1. The van der Waals surface area contributed by atoms with Gasteiger partial charge in [-0.05, 0) is 56.1 Å². The van der Waals surface area contributed by atoms with E-state index in [9.17, 15) is 4.79 Å². The lowest BCUT2D eigenvalue weighted by molar-refractivity contribution is -0.118. The fraction of sp³-hybridized carbons (Fsp3) is 0.636. The van der Waals surface area contributed by atoms with E-state index in [0.717, 1.165) is 50.7 Å². The van der Waals surface area contributed by atoms with Crippen molar-refractivity contribution < 1.29 is 4.79 Å². The molecule has 1 spiro atoms. The van der Waals surface area contributed by atoms with Gasteiger partial charge >= 0.3 is 0 Å². The van der Waals surface area contributed by atoms with Crippen molar-refractivity contribution in [2.45, 2.75) is 51.9 Å². The Labute approximate surface area is 162 Å². The van der Waals surface area contributed by atoms with Crippen LogP contribution in [0.4, 0.5) is 5.69 Å². The Morgan fingerprint density at radius 3 is 2.81 bits per heavy atom. The largest absolute Gasteiger partial charge is 0.357 e. The number of aliphatic imine (C=N–C) groups is 1. The van der Waals surface area contributed by atoms with Crippen LogP contribution >= 0.6 is 0 Å². The molecule has 0 atom stereocenters. The number of anilines is 1. The highest BCUT2D eigenvalue weighted by Gasteiger charge is 2.43. The normalized spacial score (nSPS) is 20.7. The lowest BCUT2D eigenvalue weighted by Gasteiger charge is -2.38. The highest BCUT2D eigenvalue weighted by molar-refractivity contribution is 5.95. The molecule has 1 aromatic rings. The van der Waals surface area contributed by atoms with E-state index in [-0.39, 0.29) is 5.91 Å². The zero-order valence-electron chi connectivity index (χ0n) is 16.5. The van der Waals surface area contributed by atoms with E-state index in [1.165, 1.54) is 31.2 Å². The van der Waals surface area contributed by atoms with Gasteiger partial charge in [0.25, 0.3) is 0 Å². The molecule has 3 aliphatic rings. The molecule has 2 heterocycles. The number of benzene rings is 1. The van der Waals surface area contributed by atoms with Crippen LogP contribution in [0.15, 0.2) is 29.3 Å². The molecule has 1 amide bonds. The zero-order valence-corrected chi connectivity index (χ0v) is 16.5. The van der Waals surface area contributed by atoms with Gasteiger partial charge in [0.05, 0.1) is 0 Å². The van der Waals surface area contributed by atoms with E-state index in [1.54, 1.807) is 0 Å². The van der Waals surface area contributed by atoms with E-state index in [1.807, 2.05) is 11.0 Å². The SMILES string of the molecule is CCNC(=NCCCC(=O)N1CCc2ccccc21)N1CCC2(CCC2)C1. The monoisotopic (exact) mass is 368 g/mol. The van der Waals surface area contributed by atoms with Crippen molar-refractivity contribution in [3.05, 3.63) is 29.8 Å². The predicted octanol–water partition coefficient (Wildman–Crippen LogP) is 3.20. The number of guanidine groups is 1. The van der Waals surface area contributed by atoms with Crippen molar-refractivity contribution in [2.24, 2.45) is 10.4 Å².